The minimum atomic E-state index is -3.50. The number of ether oxygens (including phenoxy) is 1. The standard InChI is InChI=1S/C20H19ClN2O3S2/c1-13-9-15(21)3-5-17(13)23-11-14(2)26-19-10-16(4-6-18(19)23)28(24,25)12-20-22-7-8-27-20/h3-10,14H,11-12H2,1-2H3/t14-/m0/s1. The van der Waals surface area contributed by atoms with Gasteiger partial charge in [0.2, 0.25) is 0 Å². The Hall–Kier alpha value is -2.09. The van der Waals surface area contributed by atoms with Gasteiger partial charge in [-0.05, 0) is 49.7 Å². The van der Waals surface area contributed by atoms with Crippen LogP contribution >= 0.6 is 22.9 Å². The summed E-state index contributed by atoms with van der Waals surface area (Å²) in [4.78, 5) is 6.47. The first kappa shape index (κ1) is 19.2. The van der Waals surface area contributed by atoms with Crippen LogP contribution in [-0.4, -0.2) is 26.1 Å². The maximum Gasteiger partial charge on any atom is 0.185 e. The first-order chi connectivity index (χ1) is 13.3. The van der Waals surface area contributed by atoms with Crippen molar-refractivity contribution in [3.05, 3.63) is 63.6 Å². The van der Waals surface area contributed by atoms with Crippen molar-refractivity contribution in [3.8, 4) is 5.75 Å². The molecule has 2 heterocycles. The molecule has 146 valence electrons. The van der Waals surface area contributed by atoms with Crippen molar-refractivity contribution in [2.45, 2.75) is 30.6 Å². The Kier molecular flexibility index (Phi) is 5.07. The van der Waals surface area contributed by atoms with Crippen molar-refractivity contribution in [1.82, 2.24) is 4.98 Å². The quantitative estimate of drug-likeness (QED) is 0.578. The summed E-state index contributed by atoms with van der Waals surface area (Å²) in [7, 11) is -3.50. The van der Waals surface area contributed by atoms with E-state index in [4.69, 9.17) is 16.3 Å². The van der Waals surface area contributed by atoms with Gasteiger partial charge < -0.3 is 9.64 Å². The molecule has 8 heteroatoms. The summed E-state index contributed by atoms with van der Waals surface area (Å²) in [6.07, 6.45) is 1.53. The molecule has 0 unspecified atom stereocenters. The van der Waals surface area contributed by atoms with Gasteiger partial charge in [0.1, 0.15) is 22.6 Å². The van der Waals surface area contributed by atoms with E-state index in [1.54, 1.807) is 23.7 Å². The summed E-state index contributed by atoms with van der Waals surface area (Å²) in [6.45, 7) is 4.65. The van der Waals surface area contributed by atoms with Gasteiger partial charge in [-0.2, -0.15) is 0 Å². The molecular formula is C20H19ClN2O3S2. The number of hydrogen-bond donors (Lipinski definition) is 0. The molecule has 2 aromatic carbocycles. The Labute approximate surface area is 173 Å². The fourth-order valence-electron chi connectivity index (χ4n) is 3.33. The molecule has 0 bridgehead atoms. The van der Waals surface area contributed by atoms with E-state index in [2.05, 4.69) is 9.88 Å². The predicted octanol–water partition coefficient (Wildman–Crippen LogP) is 5.00. The molecule has 0 saturated heterocycles. The minimum absolute atomic E-state index is 0.0838. The van der Waals surface area contributed by atoms with Crippen LogP contribution in [0.5, 0.6) is 5.75 Å². The zero-order valence-corrected chi connectivity index (χ0v) is 17.8. The van der Waals surface area contributed by atoms with E-state index < -0.39 is 9.84 Å². The molecule has 28 heavy (non-hydrogen) atoms. The molecule has 4 rings (SSSR count). The smallest absolute Gasteiger partial charge is 0.185 e. The summed E-state index contributed by atoms with van der Waals surface area (Å²) in [5.41, 5.74) is 2.92. The summed E-state index contributed by atoms with van der Waals surface area (Å²) in [5.74, 6) is 0.451. The number of rotatable bonds is 4. The van der Waals surface area contributed by atoms with E-state index in [9.17, 15) is 8.42 Å². The maximum absolute atomic E-state index is 12.8. The highest BCUT2D eigenvalue weighted by Crippen LogP contribution is 2.41. The molecule has 0 spiro atoms. The fourth-order valence-corrected chi connectivity index (χ4v) is 5.83. The van der Waals surface area contributed by atoms with Gasteiger partial charge in [0.05, 0.1) is 17.1 Å². The minimum Gasteiger partial charge on any atom is -0.487 e. The van der Waals surface area contributed by atoms with E-state index in [-0.39, 0.29) is 16.8 Å². The highest BCUT2D eigenvalue weighted by atomic mass is 35.5. The van der Waals surface area contributed by atoms with Crippen LogP contribution in [0.4, 0.5) is 11.4 Å². The van der Waals surface area contributed by atoms with Crippen molar-refractivity contribution in [1.29, 1.82) is 0 Å². The molecule has 1 aliphatic rings. The molecule has 0 amide bonds. The number of hydrogen-bond acceptors (Lipinski definition) is 6. The zero-order chi connectivity index (χ0) is 19.9. The molecule has 0 radical (unpaired) electrons. The van der Waals surface area contributed by atoms with Crippen LogP contribution < -0.4 is 9.64 Å². The highest BCUT2D eigenvalue weighted by molar-refractivity contribution is 7.90. The second-order valence-corrected chi connectivity index (χ2v) is 10.2. The molecule has 0 aliphatic carbocycles. The van der Waals surface area contributed by atoms with Crippen LogP contribution in [-0.2, 0) is 15.6 Å². The first-order valence-electron chi connectivity index (χ1n) is 8.79. The number of thiazole rings is 1. The van der Waals surface area contributed by atoms with E-state index in [0.717, 1.165) is 16.9 Å². The van der Waals surface area contributed by atoms with Crippen molar-refractivity contribution in [3.63, 3.8) is 0 Å². The number of halogens is 1. The Bertz CT molecular complexity index is 1110. The van der Waals surface area contributed by atoms with Gasteiger partial charge >= 0.3 is 0 Å². The van der Waals surface area contributed by atoms with Crippen LogP contribution in [0.1, 0.15) is 17.5 Å². The van der Waals surface area contributed by atoms with Crippen LogP contribution in [0, 0.1) is 6.92 Å². The van der Waals surface area contributed by atoms with Crippen molar-refractivity contribution in [2.75, 3.05) is 11.4 Å². The van der Waals surface area contributed by atoms with E-state index in [1.807, 2.05) is 38.1 Å². The van der Waals surface area contributed by atoms with E-state index in [1.165, 1.54) is 11.3 Å². The molecule has 0 saturated carbocycles. The Balaban J connectivity index is 1.73. The average Bonchev–Trinajstić information content (AvgIpc) is 3.13. The number of aryl methyl sites for hydroxylation is 1. The molecule has 1 aliphatic heterocycles. The van der Waals surface area contributed by atoms with E-state index >= 15 is 0 Å². The third-order valence-corrected chi connectivity index (χ3v) is 7.42. The van der Waals surface area contributed by atoms with Crippen molar-refractivity contribution >= 4 is 44.1 Å². The summed E-state index contributed by atoms with van der Waals surface area (Å²) < 4.78 is 31.6. The van der Waals surface area contributed by atoms with Crippen LogP contribution in [0.25, 0.3) is 0 Å². The molecule has 1 aromatic heterocycles. The average molecular weight is 435 g/mol. The third kappa shape index (κ3) is 3.74. The Morgan fingerprint density at radius 2 is 2.04 bits per heavy atom. The first-order valence-corrected chi connectivity index (χ1v) is 11.7. The fraction of sp³-hybridized carbons (Fsp3) is 0.250. The van der Waals surface area contributed by atoms with Crippen molar-refractivity contribution in [2.24, 2.45) is 0 Å². The monoisotopic (exact) mass is 434 g/mol. The zero-order valence-electron chi connectivity index (χ0n) is 15.4. The van der Waals surface area contributed by atoms with Crippen LogP contribution in [0.2, 0.25) is 5.02 Å². The lowest BCUT2D eigenvalue weighted by atomic mass is 10.1. The molecule has 1 atom stereocenters. The molecule has 0 N–H and O–H groups in total. The lowest BCUT2D eigenvalue weighted by Gasteiger charge is -2.36. The van der Waals surface area contributed by atoms with Gasteiger partial charge in [-0.25, -0.2) is 13.4 Å². The maximum atomic E-state index is 12.8. The number of sulfone groups is 1. The topological polar surface area (TPSA) is 59.5 Å². The summed E-state index contributed by atoms with van der Waals surface area (Å²) >= 11 is 7.43. The van der Waals surface area contributed by atoms with Gasteiger partial charge in [-0.15, -0.1) is 11.3 Å². The summed E-state index contributed by atoms with van der Waals surface area (Å²) in [5, 5.41) is 3.03. The highest BCUT2D eigenvalue weighted by Gasteiger charge is 2.27. The SMILES string of the molecule is Cc1cc(Cl)ccc1N1C[C@H](C)Oc2cc(S(=O)(=O)Cc3nccs3)ccc21. The molecule has 3 aromatic rings. The lowest BCUT2D eigenvalue weighted by Crippen LogP contribution is -2.35. The van der Waals surface area contributed by atoms with Crippen LogP contribution in [0.3, 0.4) is 0 Å². The van der Waals surface area contributed by atoms with Gasteiger partial charge in [0.25, 0.3) is 0 Å². The van der Waals surface area contributed by atoms with E-state index in [0.29, 0.717) is 22.3 Å². The number of benzene rings is 2. The molecule has 0 fully saturated rings. The number of fused-ring (bicyclic) bond motifs is 1. The van der Waals surface area contributed by atoms with Crippen LogP contribution in [0.15, 0.2) is 52.9 Å². The third-order valence-electron chi connectivity index (χ3n) is 4.60. The molecular weight excluding hydrogens is 416 g/mol. The second-order valence-electron chi connectivity index (χ2n) is 6.78. The Morgan fingerprint density at radius 1 is 1.25 bits per heavy atom. The van der Waals surface area contributed by atoms with Gasteiger partial charge in [-0.1, -0.05) is 11.6 Å². The number of nitrogens with zero attached hydrogens (tertiary/aromatic N) is 2. The predicted molar refractivity (Wildman–Crippen MR) is 113 cm³/mol. The van der Waals surface area contributed by atoms with Gasteiger partial charge in [0.15, 0.2) is 9.84 Å². The summed E-state index contributed by atoms with van der Waals surface area (Å²) in [6, 6.07) is 10.8. The van der Waals surface area contributed by atoms with Gasteiger partial charge in [0, 0.05) is 28.4 Å². The molecule has 5 nitrogen and oxygen atoms in total. The van der Waals surface area contributed by atoms with Gasteiger partial charge in [-0.3, -0.25) is 0 Å². The normalized spacial score (nSPS) is 16.5. The second kappa shape index (κ2) is 7.39. The van der Waals surface area contributed by atoms with Crippen molar-refractivity contribution < 1.29 is 13.2 Å². The largest absolute Gasteiger partial charge is 0.487 e. The number of aromatic nitrogens is 1. The Morgan fingerprint density at radius 3 is 2.75 bits per heavy atom. The lowest BCUT2D eigenvalue weighted by molar-refractivity contribution is 0.217. The number of anilines is 2.